The fourth-order valence-corrected chi connectivity index (χ4v) is 2.97. The van der Waals surface area contributed by atoms with Gasteiger partial charge < -0.3 is 10.3 Å². The largest absolute Gasteiger partial charge is 0.319 e. The number of anilines is 1. The van der Waals surface area contributed by atoms with Gasteiger partial charge in [0, 0.05) is 5.69 Å². The molecule has 0 unspecified atom stereocenters. The number of hydrogen-bond acceptors (Lipinski definition) is 4. The van der Waals surface area contributed by atoms with Crippen molar-refractivity contribution in [2.24, 2.45) is 0 Å². The number of hydrogen-bond donors (Lipinski definition) is 2. The molecule has 2 aromatic carbocycles. The van der Waals surface area contributed by atoms with E-state index < -0.39 is 5.91 Å². The van der Waals surface area contributed by atoms with Gasteiger partial charge in [0.05, 0.1) is 11.0 Å². The summed E-state index contributed by atoms with van der Waals surface area (Å²) in [6.45, 7) is 6.15. The van der Waals surface area contributed by atoms with Crippen LogP contribution in [0.2, 0.25) is 0 Å². The van der Waals surface area contributed by atoms with Gasteiger partial charge in [-0.15, -0.1) is 5.10 Å². The van der Waals surface area contributed by atoms with E-state index in [1.165, 1.54) is 10.1 Å². The van der Waals surface area contributed by atoms with Gasteiger partial charge in [-0.3, -0.25) is 9.59 Å². The van der Waals surface area contributed by atoms with E-state index in [0.29, 0.717) is 22.6 Å². The first-order valence-corrected chi connectivity index (χ1v) is 8.73. The first-order chi connectivity index (χ1) is 12.9. The van der Waals surface area contributed by atoms with Crippen LogP contribution in [-0.2, 0) is 0 Å². The van der Waals surface area contributed by atoms with Gasteiger partial charge in [-0.05, 0) is 48.2 Å². The van der Waals surface area contributed by atoms with Crippen molar-refractivity contribution in [3.05, 3.63) is 69.8 Å². The van der Waals surface area contributed by atoms with E-state index in [9.17, 15) is 9.59 Å². The topological polar surface area (TPSA) is 92.1 Å². The molecule has 0 bridgehead atoms. The lowest BCUT2D eigenvalue weighted by Crippen LogP contribution is -2.14. The average molecular weight is 361 g/mol. The summed E-state index contributed by atoms with van der Waals surface area (Å²) in [6.07, 6.45) is 0. The Morgan fingerprint density at radius 1 is 1.15 bits per heavy atom. The summed E-state index contributed by atoms with van der Waals surface area (Å²) in [5.41, 5.74) is 3.88. The molecule has 7 heteroatoms. The van der Waals surface area contributed by atoms with Gasteiger partial charge in [-0.25, -0.2) is 4.52 Å². The lowest BCUT2D eigenvalue weighted by molar-refractivity contribution is 0.101. The van der Waals surface area contributed by atoms with Crippen LogP contribution in [0.3, 0.4) is 0 Å². The fourth-order valence-electron chi connectivity index (χ4n) is 2.97. The summed E-state index contributed by atoms with van der Waals surface area (Å²) >= 11 is 0. The Bertz CT molecular complexity index is 1220. The van der Waals surface area contributed by atoms with E-state index in [-0.39, 0.29) is 17.0 Å². The Morgan fingerprint density at radius 3 is 2.59 bits per heavy atom. The number of aromatic nitrogens is 4. The lowest BCUT2D eigenvalue weighted by atomic mass is 10.0. The number of fused-ring (bicyclic) bond motifs is 3. The molecule has 0 aliphatic rings. The number of aryl methyl sites for hydroxylation is 1. The van der Waals surface area contributed by atoms with Crippen LogP contribution in [0.25, 0.3) is 16.7 Å². The number of H-pyrrole nitrogens is 1. The molecule has 0 radical (unpaired) electrons. The van der Waals surface area contributed by atoms with Crippen LogP contribution in [0.4, 0.5) is 5.69 Å². The minimum Gasteiger partial charge on any atom is -0.319 e. The molecule has 0 aliphatic carbocycles. The fraction of sp³-hybridized carbons (Fsp3) is 0.200. The number of nitrogens with one attached hydrogen (secondary N) is 2. The summed E-state index contributed by atoms with van der Waals surface area (Å²) in [5.74, 6) is -0.101. The van der Waals surface area contributed by atoms with Crippen LogP contribution in [0, 0.1) is 6.92 Å². The third-order valence-corrected chi connectivity index (χ3v) is 4.48. The number of aromatic amines is 1. The van der Waals surface area contributed by atoms with Gasteiger partial charge in [-0.2, -0.15) is 4.98 Å². The normalized spacial score (nSPS) is 11.4. The van der Waals surface area contributed by atoms with E-state index in [1.54, 1.807) is 0 Å². The Labute approximate surface area is 155 Å². The number of carbonyl (C=O) groups is 1. The van der Waals surface area contributed by atoms with E-state index in [0.717, 1.165) is 5.56 Å². The highest BCUT2D eigenvalue weighted by atomic mass is 16.2. The zero-order chi connectivity index (χ0) is 19.1. The van der Waals surface area contributed by atoms with Crippen LogP contribution in [0.15, 0.2) is 47.3 Å². The van der Waals surface area contributed by atoms with Crippen molar-refractivity contribution in [3.8, 4) is 0 Å². The summed E-state index contributed by atoms with van der Waals surface area (Å²) in [4.78, 5) is 31.7. The number of nitrogens with zero attached hydrogens (tertiary/aromatic N) is 3. The van der Waals surface area contributed by atoms with Crippen molar-refractivity contribution in [3.63, 3.8) is 0 Å². The van der Waals surface area contributed by atoms with Crippen molar-refractivity contribution in [2.45, 2.75) is 26.7 Å². The highest BCUT2D eigenvalue weighted by molar-refractivity contribution is 6.02. The Morgan fingerprint density at radius 2 is 1.89 bits per heavy atom. The Kier molecular flexibility index (Phi) is 3.99. The van der Waals surface area contributed by atoms with Crippen LogP contribution >= 0.6 is 0 Å². The molecule has 4 rings (SSSR count). The van der Waals surface area contributed by atoms with Crippen LogP contribution in [0.1, 0.15) is 41.5 Å². The smallest absolute Gasteiger partial charge is 0.295 e. The number of benzene rings is 2. The Hall–Kier alpha value is -3.48. The second-order valence-electron chi connectivity index (χ2n) is 6.88. The summed E-state index contributed by atoms with van der Waals surface area (Å²) < 4.78 is 1.41. The molecule has 0 saturated heterocycles. The number of amides is 1. The molecule has 2 heterocycles. The predicted molar refractivity (Wildman–Crippen MR) is 104 cm³/mol. The third kappa shape index (κ3) is 3.08. The standard InChI is InChI=1S/C20H19N5O2/c1-11(2)13-5-7-14(8-6-13)21-19(26)17-23-18-20(27)22-15-10-12(3)4-9-16(15)25(18)24-17/h4-11H,1-3H3,(H,21,26)(H,22,27). The van der Waals surface area contributed by atoms with Gasteiger partial charge in [-0.1, -0.05) is 32.0 Å². The maximum atomic E-state index is 12.5. The molecule has 0 spiro atoms. The molecule has 0 saturated carbocycles. The van der Waals surface area contributed by atoms with Crippen LogP contribution in [0.5, 0.6) is 0 Å². The van der Waals surface area contributed by atoms with Gasteiger partial charge in [0.15, 0.2) is 0 Å². The van der Waals surface area contributed by atoms with Crippen molar-refractivity contribution in [1.82, 2.24) is 19.6 Å². The van der Waals surface area contributed by atoms with Crippen molar-refractivity contribution >= 4 is 28.3 Å². The molecular weight excluding hydrogens is 342 g/mol. The molecule has 0 atom stereocenters. The second-order valence-corrected chi connectivity index (χ2v) is 6.88. The molecule has 0 aliphatic heterocycles. The average Bonchev–Trinajstić information content (AvgIpc) is 3.08. The molecule has 0 fully saturated rings. The highest BCUT2D eigenvalue weighted by Crippen LogP contribution is 2.18. The molecular formula is C20H19N5O2. The number of carbonyl (C=O) groups excluding carboxylic acids is 1. The van der Waals surface area contributed by atoms with Gasteiger partial charge in [0.25, 0.3) is 11.5 Å². The quantitative estimate of drug-likeness (QED) is 0.586. The predicted octanol–water partition coefficient (Wildman–Crippen LogP) is 3.25. The highest BCUT2D eigenvalue weighted by Gasteiger charge is 2.17. The summed E-state index contributed by atoms with van der Waals surface area (Å²) in [7, 11) is 0. The number of rotatable bonds is 3. The summed E-state index contributed by atoms with van der Waals surface area (Å²) in [6, 6.07) is 13.2. The molecule has 7 nitrogen and oxygen atoms in total. The maximum absolute atomic E-state index is 12.5. The SMILES string of the molecule is Cc1ccc2c(c1)[nH]c(=O)c1nc(C(=O)Nc3ccc(C(C)C)cc3)nn12. The van der Waals surface area contributed by atoms with Crippen molar-refractivity contribution < 1.29 is 4.79 Å². The monoisotopic (exact) mass is 361 g/mol. The molecule has 136 valence electrons. The molecule has 2 aromatic heterocycles. The zero-order valence-corrected chi connectivity index (χ0v) is 15.3. The summed E-state index contributed by atoms with van der Waals surface area (Å²) in [5, 5.41) is 7.02. The molecule has 4 aromatic rings. The van der Waals surface area contributed by atoms with E-state index in [2.05, 4.69) is 34.2 Å². The molecule has 27 heavy (non-hydrogen) atoms. The minimum atomic E-state index is -0.462. The van der Waals surface area contributed by atoms with Crippen LogP contribution in [-0.4, -0.2) is 25.5 Å². The van der Waals surface area contributed by atoms with Crippen molar-refractivity contribution in [1.29, 1.82) is 0 Å². The lowest BCUT2D eigenvalue weighted by Gasteiger charge is -2.07. The zero-order valence-electron chi connectivity index (χ0n) is 15.3. The van der Waals surface area contributed by atoms with E-state index in [1.807, 2.05) is 49.4 Å². The first kappa shape index (κ1) is 17.0. The molecule has 2 N–H and O–H groups in total. The Balaban J connectivity index is 1.71. The maximum Gasteiger partial charge on any atom is 0.295 e. The van der Waals surface area contributed by atoms with E-state index >= 15 is 0 Å². The van der Waals surface area contributed by atoms with Gasteiger partial charge in [0.1, 0.15) is 0 Å². The first-order valence-electron chi connectivity index (χ1n) is 8.73. The third-order valence-electron chi connectivity index (χ3n) is 4.48. The second kappa shape index (κ2) is 6.35. The molecule has 1 amide bonds. The minimum absolute atomic E-state index is 0.0542. The van der Waals surface area contributed by atoms with Crippen molar-refractivity contribution in [2.75, 3.05) is 5.32 Å². The van der Waals surface area contributed by atoms with Gasteiger partial charge in [0.2, 0.25) is 11.5 Å². The van der Waals surface area contributed by atoms with Gasteiger partial charge >= 0.3 is 0 Å². The van der Waals surface area contributed by atoms with Crippen LogP contribution < -0.4 is 10.9 Å². The van der Waals surface area contributed by atoms with E-state index in [4.69, 9.17) is 0 Å².